The Labute approximate surface area is 211 Å². The van der Waals surface area contributed by atoms with E-state index in [2.05, 4.69) is 0 Å². The number of ether oxygens (including phenoxy) is 1. The van der Waals surface area contributed by atoms with Crippen LogP contribution in [0.4, 0.5) is 10.1 Å². The van der Waals surface area contributed by atoms with E-state index in [1.54, 1.807) is 29.2 Å². The molecule has 5 rings (SSSR count). The van der Waals surface area contributed by atoms with Crippen molar-refractivity contribution in [1.82, 2.24) is 0 Å². The van der Waals surface area contributed by atoms with E-state index in [1.165, 1.54) is 18.2 Å². The van der Waals surface area contributed by atoms with Crippen LogP contribution in [0.1, 0.15) is 63.4 Å². The van der Waals surface area contributed by atoms with E-state index in [9.17, 15) is 13.2 Å². The molecule has 0 aromatic heterocycles. The minimum Gasteiger partial charge on any atom is -0.381 e. The third kappa shape index (κ3) is 4.40. The van der Waals surface area contributed by atoms with E-state index in [1.807, 2.05) is 0 Å². The highest BCUT2D eigenvalue weighted by molar-refractivity contribution is 7.92. The van der Waals surface area contributed by atoms with Crippen LogP contribution in [-0.2, 0) is 24.1 Å². The van der Waals surface area contributed by atoms with E-state index < -0.39 is 20.4 Å². The number of benzene rings is 2. The number of sulfone groups is 1. The Morgan fingerprint density at radius 3 is 2.20 bits per heavy atom. The first-order chi connectivity index (χ1) is 16.8. The quantitative estimate of drug-likeness (QED) is 0.467. The first kappa shape index (κ1) is 24.7. The Balaban J connectivity index is 1.54. The SMILES string of the molecule is O=C(C1CCCC1)N(c1ccc(C2(S(=O)(=O)c3ccc(Cl)cc3)CCOCC2)cc1F)C1CCC1. The van der Waals surface area contributed by atoms with Gasteiger partial charge in [0.25, 0.3) is 0 Å². The molecule has 1 amide bonds. The molecule has 0 radical (unpaired) electrons. The lowest BCUT2D eigenvalue weighted by Crippen LogP contribution is -2.47. The molecule has 8 heteroatoms. The van der Waals surface area contributed by atoms with Gasteiger partial charge in [-0.05, 0) is 86.9 Å². The predicted octanol–water partition coefficient (Wildman–Crippen LogP) is 6.03. The van der Waals surface area contributed by atoms with Gasteiger partial charge in [0.15, 0.2) is 9.84 Å². The lowest BCUT2D eigenvalue weighted by molar-refractivity contribution is -0.123. The van der Waals surface area contributed by atoms with Gasteiger partial charge >= 0.3 is 0 Å². The number of hydrogen-bond donors (Lipinski definition) is 0. The minimum atomic E-state index is -3.87. The third-order valence-electron chi connectivity index (χ3n) is 8.05. The van der Waals surface area contributed by atoms with Gasteiger partial charge in [-0.15, -0.1) is 0 Å². The molecule has 5 nitrogen and oxygen atoms in total. The molecular formula is C27H31ClFNO4S. The van der Waals surface area contributed by atoms with E-state index >= 15 is 4.39 Å². The summed E-state index contributed by atoms with van der Waals surface area (Å²) in [7, 11) is -3.87. The van der Waals surface area contributed by atoms with Crippen LogP contribution in [-0.4, -0.2) is 33.6 Å². The van der Waals surface area contributed by atoms with E-state index in [0.717, 1.165) is 44.9 Å². The molecule has 3 aliphatic rings. The van der Waals surface area contributed by atoms with Gasteiger partial charge in [0.05, 0.1) is 10.6 Å². The van der Waals surface area contributed by atoms with Crippen LogP contribution < -0.4 is 4.90 Å². The summed E-state index contributed by atoms with van der Waals surface area (Å²) < 4.78 is 47.8. The highest BCUT2D eigenvalue weighted by atomic mass is 35.5. The second kappa shape index (κ2) is 9.83. The zero-order valence-corrected chi connectivity index (χ0v) is 21.3. The number of carbonyl (C=O) groups excluding carboxylic acids is 1. The van der Waals surface area contributed by atoms with E-state index in [0.29, 0.717) is 10.6 Å². The minimum absolute atomic E-state index is 0.00779. The monoisotopic (exact) mass is 519 g/mol. The topological polar surface area (TPSA) is 63.7 Å². The highest BCUT2D eigenvalue weighted by Crippen LogP contribution is 2.45. The Morgan fingerprint density at radius 1 is 0.971 bits per heavy atom. The summed E-state index contributed by atoms with van der Waals surface area (Å²) in [5.41, 5.74) is 0.667. The maximum atomic E-state index is 15.8. The smallest absolute Gasteiger partial charge is 0.230 e. The number of anilines is 1. The van der Waals surface area contributed by atoms with Gasteiger partial charge in [-0.25, -0.2) is 12.8 Å². The molecule has 35 heavy (non-hydrogen) atoms. The number of carbonyl (C=O) groups is 1. The Kier molecular flexibility index (Phi) is 6.94. The van der Waals surface area contributed by atoms with Crippen molar-refractivity contribution >= 4 is 33.0 Å². The average molecular weight is 520 g/mol. The number of hydrogen-bond acceptors (Lipinski definition) is 4. The number of halogens is 2. The van der Waals surface area contributed by atoms with Crippen molar-refractivity contribution in [3.05, 3.63) is 58.9 Å². The normalized spacial score (nSPS) is 21.0. The van der Waals surface area contributed by atoms with Crippen LogP contribution in [0, 0.1) is 11.7 Å². The van der Waals surface area contributed by atoms with Crippen molar-refractivity contribution in [3.63, 3.8) is 0 Å². The molecule has 1 aliphatic heterocycles. The second-order valence-corrected chi connectivity index (χ2v) is 12.7. The number of amides is 1. The zero-order valence-electron chi connectivity index (χ0n) is 19.7. The average Bonchev–Trinajstić information content (AvgIpc) is 3.37. The van der Waals surface area contributed by atoms with Crippen molar-refractivity contribution < 1.29 is 22.3 Å². The van der Waals surface area contributed by atoms with Crippen molar-refractivity contribution in [1.29, 1.82) is 0 Å². The van der Waals surface area contributed by atoms with Crippen LogP contribution >= 0.6 is 11.6 Å². The molecule has 2 saturated carbocycles. The number of rotatable bonds is 6. The molecular weight excluding hydrogens is 489 g/mol. The molecule has 2 aromatic rings. The predicted molar refractivity (Wildman–Crippen MR) is 134 cm³/mol. The van der Waals surface area contributed by atoms with Gasteiger partial charge in [0, 0.05) is 30.2 Å². The van der Waals surface area contributed by atoms with Crippen LogP contribution in [0.3, 0.4) is 0 Å². The Hall–Kier alpha value is -1.96. The van der Waals surface area contributed by atoms with Crippen LogP contribution in [0.5, 0.6) is 0 Å². The summed E-state index contributed by atoms with van der Waals surface area (Å²) in [6.45, 7) is 0.537. The summed E-state index contributed by atoms with van der Waals surface area (Å²) in [5.74, 6) is -0.590. The molecule has 0 N–H and O–H groups in total. The molecule has 0 atom stereocenters. The highest BCUT2D eigenvalue weighted by Gasteiger charge is 2.48. The van der Waals surface area contributed by atoms with Gasteiger partial charge in [-0.1, -0.05) is 30.5 Å². The molecule has 0 spiro atoms. The molecule has 188 valence electrons. The van der Waals surface area contributed by atoms with Crippen molar-refractivity contribution in [2.45, 2.75) is 73.5 Å². The first-order valence-electron chi connectivity index (χ1n) is 12.5. The molecule has 0 bridgehead atoms. The first-order valence-corrected chi connectivity index (χ1v) is 14.4. The standard InChI is InChI=1S/C27H31ClFNO4S/c28-21-9-11-23(12-10-21)35(32,33)27(14-16-34-17-15-27)20-8-13-25(24(29)18-20)30(22-6-3-7-22)26(31)19-4-1-2-5-19/h8-13,18-19,22H,1-7,14-17H2. The fraction of sp³-hybridized carbons (Fsp3) is 0.519. The molecule has 1 heterocycles. The van der Waals surface area contributed by atoms with Crippen LogP contribution in [0.2, 0.25) is 5.02 Å². The summed E-state index contributed by atoms with van der Waals surface area (Å²) in [5, 5.41) is 0.448. The van der Waals surface area contributed by atoms with Crippen molar-refractivity contribution in [2.75, 3.05) is 18.1 Å². The van der Waals surface area contributed by atoms with Gasteiger partial charge in [-0.3, -0.25) is 4.79 Å². The van der Waals surface area contributed by atoms with Crippen LogP contribution in [0.25, 0.3) is 0 Å². The third-order valence-corrected chi connectivity index (χ3v) is 10.9. The van der Waals surface area contributed by atoms with Crippen molar-refractivity contribution in [3.8, 4) is 0 Å². The molecule has 0 unspecified atom stereocenters. The number of nitrogens with zero attached hydrogens (tertiary/aromatic N) is 1. The van der Waals surface area contributed by atoms with E-state index in [-0.39, 0.29) is 54.5 Å². The second-order valence-electron chi connectivity index (χ2n) is 10.0. The van der Waals surface area contributed by atoms with Crippen molar-refractivity contribution in [2.24, 2.45) is 5.92 Å². The molecule has 3 fully saturated rings. The largest absolute Gasteiger partial charge is 0.381 e. The van der Waals surface area contributed by atoms with Gasteiger partial charge in [-0.2, -0.15) is 0 Å². The molecule has 2 aromatic carbocycles. The lowest BCUT2D eigenvalue weighted by atomic mass is 9.88. The summed E-state index contributed by atoms with van der Waals surface area (Å²) in [6.07, 6.45) is 6.98. The van der Waals surface area contributed by atoms with E-state index in [4.69, 9.17) is 16.3 Å². The molecule has 1 saturated heterocycles. The fourth-order valence-electron chi connectivity index (χ4n) is 5.75. The zero-order chi connectivity index (χ0) is 24.6. The lowest BCUT2D eigenvalue weighted by Gasteiger charge is -2.40. The van der Waals surface area contributed by atoms with Gasteiger partial charge in [0.1, 0.15) is 10.6 Å². The van der Waals surface area contributed by atoms with Crippen LogP contribution in [0.15, 0.2) is 47.4 Å². The maximum Gasteiger partial charge on any atom is 0.230 e. The summed E-state index contributed by atoms with van der Waals surface area (Å²) >= 11 is 5.99. The molecule has 2 aliphatic carbocycles. The van der Waals surface area contributed by atoms with Gasteiger partial charge < -0.3 is 9.64 Å². The summed E-state index contributed by atoms with van der Waals surface area (Å²) in [4.78, 5) is 15.2. The maximum absolute atomic E-state index is 15.8. The summed E-state index contributed by atoms with van der Waals surface area (Å²) in [6, 6.07) is 10.8. The van der Waals surface area contributed by atoms with Gasteiger partial charge in [0.2, 0.25) is 5.91 Å². The fourth-order valence-corrected chi connectivity index (χ4v) is 7.96. The Bertz CT molecular complexity index is 1180. The Morgan fingerprint density at radius 2 is 1.63 bits per heavy atom.